The summed E-state index contributed by atoms with van der Waals surface area (Å²) in [5, 5.41) is 15.8. The first-order valence-corrected chi connectivity index (χ1v) is 12.1. The molecular weight excluding hydrogens is 456 g/mol. The van der Waals surface area contributed by atoms with E-state index in [9.17, 15) is 4.79 Å². The van der Waals surface area contributed by atoms with E-state index in [0.717, 1.165) is 60.0 Å². The van der Waals surface area contributed by atoms with Crippen LogP contribution in [-0.2, 0) is 11.2 Å². The quantitative estimate of drug-likeness (QED) is 0.408. The number of aromatic nitrogens is 4. The summed E-state index contributed by atoms with van der Waals surface area (Å²) in [5.74, 6) is 2.52. The van der Waals surface area contributed by atoms with E-state index in [1.54, 1.807) is 25.1 Å². The maximum absolute atomic E-state index is 13.4. The molecule has 1 fully saturated rings. The highest BCUT2D eigenvalue weighted by molar-refractivity contribution is 5.79. The minimum Gasteiger partial charge on any atom is -0.497 e. The second kappa shape index (κ2) is 10.6. The smallest absolute Gasteiger partial charge is 0.223 e. The molecule has 186 valence electrons. The second-order valence-electron chi connectivity index (χ2n) is 8.97. The average Bonchev–Trinajstić information content (AvgIpc) is 3.41. The first kappa shape index (κ1) is 23.6. The van der Waals surface area contributed by atoms with Crippen LogP contribution in [0.15, 0.2) is 67.0 Å². The van der Waals surface area contributed by atoms with Crippen LogP contribution in [-0.4, -0.2) is 53.0 Å². The molecule has 1 aliphatic heterocycles. The molecule has 4 aromatic rings. The van der Waals surface area contributed by atoms with E-state index in [4.69, 9.17) is 9.47 Å². The number of nitrogens with zero attached hydrogens (tertiary/aromatic N) is 5. The lowest BCUT2D eigenvalue weighted by molar-refractivity contribution is -0.126. The molecule has 3 heterocycles. The number of rotatable bonds is 8. The highest BCUT2D eigenvalue weighted by Crippen LogP contribution is 2.26. The number of carbonyl (C=O) groups excluding carboxylic acids is 1. The summed E-state index contributed by atoms with van der Waals surface area (Å²) in [6.45, 7) is 1.54. The van der Waals surface area contributed by atoms with Gasteiger partial charge >= 0.3 is 0 Å². The van der Waals surface area contributed by atoms with Crippen molar-refractivity contribution >= 4 is 17.4 Å². The Morgan fingerprint density at radius 2 is 1.64 bits per heavy atom. The van der Waals surface area contributed by atoms with Crippen molar-refractivity contribution in [2.24, 2.45) is 5.92 Å². The number of carbonyl (C=O) groups is 1. The molecule has 0 radical (unpaired) electrons. The van der Waals surface area contributed by atoms with Crippen molar-refractivity contribution in [3.63, 3.8) is 0 Å². The third kappa shape index (κ3) is 5.25. The maximum Gasteiger partial charge on any atom is 0.223 e. The van der Waals surface area contributed by atoms with Gasteiger partial charge in [0, 0.05) is 19.0 Å². The molecule has 2 aromatic carbocycles. The number of anilines is 1. The van der Waals surface area contributed by atoms with Crippen LogP contribution in [0.5, 0.6) is 11.5 Å². The van der Waals surface area contributed by atoms with Crippen LogP contribution in [0.1, 0.15) is 30.0 Å². The molecule has 1 N–H and O–H groups in total. The fraction of sp³-hybridized carbons (Fsp3) is 0.333. The highest BCUT2D eigenvalue weighted by atomic mass is 16.5. The Morgan fingerprint density at radius 1 is 0.972 bits per heavy atom. The summed E-state index contributed by atoms with van der Waals surface area (Å²) < 4.78 is 12.3. The summed E-state index contributed by atoms with van der Waals surface area (Å²) in [7, 11) is 3.31. The minimum absolute atomic E-state index is 0.0449. The van der Waals surface area contributed by atoms with E-state index in [-0.39, 0.29) is 17.9 Å². The van der Waals surface area contributed by atoms with Crippen molar-refractivity contribution in [2.45, 2.75) is 25.3 Å². The van der Waals surface area contributed by atoms with Crippen molar-refractivity contribution in [2.75, 3.05) is 32.2 Å². The molecule has 1 aliphatic rings. The number of piperidine rings is 1. The Labute approximate surface area is 210 Å². The molecule has 36 heavy (non-hydrogen) atoms. The Morgan fingerprint density at radius 3 is 2.31 bits per heavy atom. The summed E-state index contributed by atoms with van der Waals surface area (Å²) in [5.41, 5.74) is 2.89. The van der Waals surface area contributed by atoms with Crippen LogP contribution >= 0.6 is 0 Å². The summed E-state index contributed by atoms with van der Waals surface area (Å²) in [4.78, 5) is 15.6. The molecule has 0 aliphatic carbocycles. The van der Waals surface area contributed by atoms with Gasteiger partial charge in [-0.15, -0.1) is 15.3 Å². The fourth-order valence-corrected chi connectivity index (χ4v) is 4.63. The minimum atomic E-state index is -0.146. The standard InChI is InChI=1S/C27H30N6O3/c1-35-22-7-3-19(4-8-22)17-24(20-5-9-23(36-2)10-6-20)29-27(34)21-13-15-32(16-14-21)26-12-11-25-30-28-18-33(25)31-26/h3-12,18,21,24H,13-17H2,1-2H3,(H,29,34)/t24-/m0/s1. The van der Waals surface area contributed by atoms with Gasteiger partial charge < -0.3 is 19.7 Å². The van der Waals surface area contributed by atoms with E-state index in [1.807, 2.05) is 60.7 Å². The largest absolute Gasteiger partial charge is 0.497 e. The Hall–Kier alpha value is -4.14. The van der Waals surface area contributed by atoms with Gasteiger partial charge in [0.15, 0.2) is 5.65 Å². The van der Waals surface area contributed by atoms with Crippen LogP contribution in [0.25, 0.3) is 5.65 Å². The van der Waals surface area contributed by atoms with Gasteiger partial charge in [-0.3, -0.25) is 4.79 Å². The zero-order valence-electron chi connectivity index (χ0n) is 20.5. The molecule has 1 atom stereocenters. The SMILES string of the molecule is COc1ccc(C[C@H](NC(=O)C2CCN(c3ccc4nncn4n3)CC2)c2ccc(OC)cc2)cc1. The molecule has 1 amide bonds. The summed E-state index contributed by atoms with van der Waals surface area (Å²) in [6.07, 6.45) is 3.82. The van der Waals surface area contributed by atoms with E-state index in [2.05, 4.69) is 25.5 Å². The summed E-state index contributed by atoms with van der Waals surface area (Å²) in [6, 6.07) is 19.6. The van der Waals surface area contributed by atoms with E-state index in [0.29, 0.717) is 6.42 Å². The van der Waals surface area contributed by atoms with E-state index < -0.39 is 0 Å². The van der Waals surface area contributed by atoms with Crippen LogP contribution in [0, 0.1) is 5.92 Å². The lowest BCUT2D eigenvalue weighted by Gasteiger charge is -2.33. The third-order valence-electron chi connectivity index (χ3n) is 6.77. The molecule has 2 aromatic heterocycles. The van der Waals surface area contributed by atoms with Gasteiger partial charge in [-0.25, -0.2) is 0 Å². The molecular formula is C27H30N6O3. The lowest BCUT2D eigenvalue weighted by atomic mass is 9.93. The molecule has 0 spiro atoms. The topological polar surface area (TPSA) is 93.9 Å². The first-order valence-electron chi connectivity index (χ1n) is 12.1. The van der Waals surface area contributed by atoms with Crippen LogP contribution in [0.3, 0.4) is 0 Å². The molecule has 5 rings (SSSR count). The summed E-state index contributed by atoms with van der Waals surface area (Å²) >= 11 is 0. The fourth-order valence-electron chi connectivity index (χ4n) is 4.63. The van der Waals surface area contributed by atoms with E-state index >= 15 is 0 Å². The van der Waals surface area contributed by atoms with Crippen LogP contribution < -0.4 is 19.7 Å². The van der Waals surface area contributed by atoms with Gasteiger partial charge in [0.1, 0.15) is 23.6 Å². The van der Waals surface area contributed by atoms with Crippen molar-refractivity contribution in [1.29, 1.82) is 0 Å². The first-order chi connectivity index (χ1) is 17.6. The normalized spacial score (nSPS) is 15.0. The number of nitrogens with one attached hydrogen (secondary N) is 1. The number of amides is 1. The van der Waals surface area contributed by atoms with Crippen molar-refractivity contribution < 1.29 is 14.3 Å². The van der Waals surface area contributed by atoms with Gasteiger partial charge in [0.25, 0.3) is 0 Å². The Bertz CT molecular complexity index is 1300. The van der Waals surface area contributed by atoms with Gasteiger partial charge in [0.2, 0.25) is 5.91 Å². The van der Waals surface area contributed by atoms with Crippen molar-refractivity contribution in [1.82, 2.24) is 25.1 Å². The zero-order valence-corrected chi connectivity index (χ0v) is 20.5. The van der Waals surface area contributed by atoms with Gasteiger partial charge in [0.05, 0.1) is 20.3 Å². The second-order valence-corrected chi connectivity index (χ2v) is 8.97. The average molecular weight is 487 g/mol. The predicted octanol–water partition coefficient (Wildman–Crippen LogP) is 3.46. The molecule has 0 saturated carbocycles. The number of hydrogen-bond acceptors (Lipinski definition) is 7. The molecule has 0 unspecified atom stereocenters. The number of benzene rings is 2. The van der Waals surface area contributed by atoms with Crippen molar-refractivity contribution in [3.05, 3.63) is 78.1 Å². The number of methoxy groups -OCH3 is 2. The van der Waals surface area contributed by atoms with E-state index in [1.165, 1.54) is 0 Å². The van der Waals surface area contributed by atoms with Gasteiger partial charge in [-0.2, -0.15) is 4.52 Å². The number of ether oxygens (including phenoxy) is 2. The van der Waals surface area contributed by atoms with Crippen LogP contribution in [0.2, 0.25) is 0 Å². The van der Waals surface area contributed by atoms with Gasteiger partial charge in [-0.05, 0) is 66.8 Å². The molecule has 0 bridgehead atoms. The monoisotopic (exact) mass is 486 g/mol. The van der Waals surface area contributed by atoms with Gasteiger partial charge in [-0.1, -0.05) is 24.3 Å². The Balaban J connectivity index is 1.26. The number of hydrogen-bond donors (Lipinski definition) is 1. The van der Waals surface area contributed by atoms with Crippen molar-refractivity contribution in [3.8, 4) is 11.5 Å². The molecule has 1 saturated heterocycles. The third-order valence-corrected chi connectivity index (χ3v) is 6.77. The lowest BCUT2D eigenvalue weighted by Crippen LogP contribution is -2.42. The Kier molecular flexibility index (Phi) is 6.97. The highest BCUT2D eigenvalue weighted by Gasteiger charge is 2.28. The maximum atomic E-state index is 13.4. The zero-order chi connectivity index (χ0) is 24.9. The molecule has 9 heteroatoms. The molecule has 9 nitrogen and oxygen atoms in total. The predicted molar refractivity (Wildman–Crippen MR) is 136 cm³/mol. The van der Waals surface area contributed by atoms with Crippen LogP contribution in [0.4, 0.5) is 5.82 Å². The number of fused-ring (bicyclic) bond motifs is 1.